The third kappa shape index (κ3) is 9.82. The van der Waals surface area contributed by atoms with Gasteiger partial charge in [0.15, 0.2) is 0 Å². The lowest BCUT2D eigenvalue weighted by Gasteiger charge is -2.19. The molecule has 0 radical (unpaired) electrons. The summed E-state index contributed by atoms with van der Waals surface area (Å²) in [5.74, 6) is 0.849. The van der Waals surface area contributed by atoms with E-state index >= 15 is 0 Å². The minimum Gasteiger partial charge on any atom is -0.211 e. The molecule has 6 nitrogen and oxygen atoms in total. The average Bonchev–Trinajstić information content (AvgIpc) is 3.03. The van der Waals surface area contributed by atoms with Crippen LogP contribution in [0.3, 0.4) is 0 Å². The minimum absolute atomic E-state index is 0.154. The molecule has 0 bridgehead atoms. The van der Waals surface area contributed by atoms with Gasteiger partial charge in [-0.15, -0.1) is 0 Å². The maximum absolute atomic E-state index is 10.7. The Labute approximate surface area is 194 Å². The molecular formula is C27H27N3O3. The van der Waals surface area contributed by atoms with Crippen LogP contribution in [-0.4, -0.2) is 18.2 Å². The Kier molecular flexibility index (Phi) is 11.5. The quantitative estimate of drug-likeness (QED) is 0.299. The fourth-order valence-corrected chi connectivity index (χ4v) is 3.63. The summed E-state index contributed by atoms with van der Waals surface area (Å²) >= 11 is 0. The summed E-state index contributed by atoms with van der Waals surface area (Å²) in [7, 11) is 0. The third-order valence-corrected chi connectivity index (χ3v) is 5.29. The summed E-state index contributed by atoms with van der Waals surface area (Å²) in [6.45, 7) is 2.16. The molecular weight excluding hydrogens is 414 g/mol. The number of rotatable bonds is 6. The molecule has 168 valence electrons. The van der Waals surface area contributed by atoms with Crippen LogP contribution >= 0.6 is 0 Å². The van der Waals surface area contributed by atoms with Gasteiger partial charge in [-0.2, -0.15) is 15.0 Å². The Bertz CT molecular complexity index is 1060. The van der Waals surface area contributed by atoms with Gasteiger partial charge in [0.2, 0.25) is 18.2 Å². The second-order valence-corrected chi connectivity index (χ2v) is 7.64. The van der Waals surface area contributed by atoms with Crippen LogP contribution in [0.25, 0.3) is 0 Å². The lowest BCUT2D eigenvalue weighted by Crippen LogP contribution is -2.07. The van der Waals surface area contributed by atoms with Crippen LogP contribution in [0.1, 0.15) is 32.6 Å². The molecule has 6 heteroatoms. The second kappa shape index (κ2) is 15.0. The summed E-state index contributed by atoms with van der Waals surface area (Å²) in [4.78, 5) is 41.9. The van der Waals surface area contributed by atoms with E-state index in [0.29, 0.717) is 17.3 Å². The smallest absolute Gasteiger partial charge is 0.211 e. The van der Waals surface area contributed by atoms with Crippen LogP contribution in [0.4, 0.5) is 5.69 Å². The van der Waals surface area contributed by atoms with E-state index in [0.717, 1.165) is 31.4 Å². The molecule has 2 aliphatic rings. The highest BCUT2D eigenvalue weighted by Crippen LogP contribution is 2.28. The first-order valence-electron chi connectivity index (χ1n) is 10.9. The van der Waals surface area contributed by atoms with Gasteiger partial charge in [-0.25, -0.2) is 14.4 Å². The zero-order chi connectivity index (χ0) is 23.7. The molecule has 0 amide bonds. The summed E-state index contributed by atoms with van der Waals surface area (Å²) in [5, 5.41) is 0. The lowest BCUT2D eigenvalue weighted by atomic mass is 9.87. The Morgan fingerprint density at radius 3 is 2.30 bits per heavy atom. The van der Waals surface area contributed by atoms with Crippen LogP contribution in [0.5, 0.6) is 0 Å². The van der Waals surface area contributed by atoms with E-state index in [2.05, 4.69) is 46.2 Å². The standard InChI is InChI=1S/C20H22N2O2.C7H5NO/c1-2-16-7-5-8-18(13-20(11-16)22-15-24)10-17-6-3-4-9-19(12-17)21-14-23;9-6-8-7-4-2-1-3-5-7/h3-6,8-9,12-13,16-18H,2,7,10-11H2,1H3;1-5H. The Morgan fingerprint density at radius 2 is 1.61 bits per heavy atom. The van der Waals surface area contributed by atoms with E-state index in [1.165, 1.54) is 6.08 Å². The van der Waals surface area contributed by atoms with Gasteiger partial charge in [0, 0.05) is 0 Å². The predicted octanol–water partition coefficient (Wildman–Crippen LogP) is 6.20. The highest BCUT2D eigenvalue weighted by atomic mass is 16.1. The van der Waals surface area contributed by atoms with E-state index in [1.54, 1.807) is 30.4 Å². The molecule has 0 saturated carbocycles. The van der Waals surface area contributed by atoms with Crippen molar-refractivity contribution in [2.75, 3.05) is 0 Å². The van der Waals surface area contributed by atoms with Gasteiger partial charge >= 0.3 is 0 Å². The first kappa shape index (κ1) is 25.3. The first-order chi connectivity index (χ1) is 16.2. The summed E-state index contributed by atoms with van der Waals surface area (Å²) in [6, 6.07) is 8.98. The van der Waals surface area contributed by atoms with Gasteiger partial charge in [0.05, 0.1) is 17.1 Å². The largest absolute Gasteiger partial charge is 0.240 e. The number of isocyanates is 3. The van der Waals surface area contributed by atoms with Gasteiger partial charge in [-0.3, -0.25) is 0 Å². The summed E-state index contributed by atoms with van der Waals surface area (Å²) in [5.41, 5.74) is 2.08. The van der Waals surface area contributed by atoms with Crippen LogP contribution in [0.15, 0.2) is 105 Å². The van der Waals surface area contributed by atoms with Crippen molar-refractivity contribution >= 4 is 23.9 Å². The molecule has 3 atom stereocenters. The molecule has 0 aliphatic heterocycles. The molecule has 0 saturated heterocycles. The van der Waals surface area contributed by atoms with E-state index < -0.39 is 0 Å². The van der Waals surface area contributed by atoms with Crippen molar-refractivity contribution in [1.82, 2.24) is 0 Å². The average molecular weight is 442 g/mol. The zero-order valence-corrected chi connectivity index (χ0v) is 18.6. The molecule has 0 aromatic heterocycles. The SMILES string of the molecule is CCC1CC=CC(CC2C=CC=CC(N=C=O)=C2)C=C(N=C=O)C1.O=C=Nc1ccccc1. The molecule has 3 rings (SSSR count). The summed E-state index contributed by atoms with van der Waals surface area (Å²) in [6.07, 6.45) is 24.6. The number of aliphatic imine (C=N–C) groups is 3. The van der Waals surface area contributed by atoms with Crippen LogP contribution in [-0.2, 0) is 14.4 Å². The number of hydrogen-bond acceptors (Lipinski definition) is 6. The van der Waals surface area contributed by atoms with Crippen LogP contribution in [0, 0.1) is 17.8 Å². The van der Waals surface area contributed by atoms with Gasteiger partial charge in [0.1, 0.15) is 0 Å². The highest BCUT2D eigenvalue weighted by molar-refractivity contribution is 5.48. The predicted molar refractivity (Wildman–Crippen MR) is 129 cm³/mol. The van der Waals surface area contributed by atoms with Gasteiger partial charge < -0.3 is 0 Å². The Hall–Kier alpha value is -3.94. The van der Waals surface area contributed by atoms with E-state index in [9.17, 15) is 14.4 Å². The highest BCUT2D eigenvalue weighted by Gasteiger charge is 2.16. The molecule has 1 aromatic carbocycles. The van der Waals surface area contributed by atoms with E-state index in [-0.39, 0.29) is 11.8 Å². The molecule has 2 aliphatic carbocycles. The van der Waals surface area contributed by atoms with Crippen molar-refractivity contribution in [3.63, 3.8) is 0 Å². The minimum atomic E-state index is 0.154. The van der Waals surface area contributed by atoms with Crippen LogP contribution < -0.4 is 0 Å². The normalized spacial score (nSPS) is 21.2. The zero-order valence-electron chi connectivity index (χ0n) is 18.6. The first-order valence-corrected chi connectivity index (χ1v) is 10.9. The van der Waals surface area contributed by atoms with Crippen LogP contribution in [0.2, 0.25) is 0 Å². The second-order valence-electron chi connectivity index (χ2n) is 7.64. The van der Waals surface area contributed by atoms with Crippen molar-refractivity contribution in [3.05, 3.63) is 90.3 Å². The Balaban J connectivity index is 0.000000357. The number of hydrogen-bond donors (Lipinski definition) is 0. The van der Waals surface area contributed by atoms with Crippen molar-refractivity contribution in [3.8, 4) is 0 Å². The fourth-order valence-electron chi connectivity index (χ4n) is 3.63. The Morgan fingerprint density at radius 1 is 0.879 bits per heavy atom. The fraction of sp³-hybridized carbons (Fsp3) is 0.296. The van der Waals surface area contributed by atoms with Crippen molar-refractivity contribution in [2.45, 2.75) is 32.6 Å². The van der Waals surface area contributed by atoms with Gasteiger partial charge in [-0.1, -0.05) is 74.1 Å². The van der Waals surface area contributed by atoms with Crippen molar-refractivity contribution in [2.24, 2.45) is 32.7 Å². The number of allylic oxidation sites excluding steroid dienone is 9. The molecule has 0 heterocycles. The maximum Gasteiger partial charge on any atom is 0.240 e. The molecule has 0 fully saturated rings. The number of nitrogens with zero attached hydrogens (tertiary/aromatic N) is 3. The molecule has 1 aromatic rings. The maximum atomic E-state index is 10.7. The van der Waals surface area contributed by atoms with E-state index in [1.807, 2.05) is 36.4 Å². The molecule has 33 heavy (non-hydrogen) atoms. The third-order valence-electron chi connectivity index (χ3n) is 5.29. The lowest BCUT2D eigenvalue weighted by molar-refractivity contribution is 0.495. The summed E-state index contributed by atoms with van der Waals surface area (Å²) < 4.78 is 0. The molecule has 0 spiro atoms. The van der Waals surface area contributed by atoms with Crippen molar-refractivity contribution in [1.29, 1.82) is 0 Å². The topological polar surface area (TPSA) is 88.3 Å². The number of para-hydroxylation sites is 1. The van der Waals surface area contributed by atoms with E-state index in [4.69, 9.17) is 0 Å². The van der Waals surface area contributed by atoms with Gasteiger partial charge in [-0.05, 0) is 55.2 Å². The number of benzene rings is 1. The molecule has 3 unspecified atom stereocenters. The molecule has 0 N–H and O–H groups in total. The monoisotopic (exact) mass is 441 g/mol. The number of carbonyl (C=O) groups excluding carboxylic acids is 3. The van der Waals surface area contributed by atoms with Gasteiger partial charge in [0.25, 0.3) is 0 Å². The van der Waals surface area contributed by atoms with Crippen molar-refractivity contribution < 1.29 is 14.4 Å².